The van der Waals surface area contributed by atoms with Crippen molar-refractivity contribution in [1.29, 1.82) is 0 Å². The number of imidazole rings is 1. The van der Waals surface area contributed by atoms with Crippen molar-refractivity contribution >= 4 is 17.1 Å². The van der Waals surface area contributed by atoms with E-state index in [1.807, 2.05) is 0 Å². The predicted octanol–water partition coefficient (Wildman–Crippen LogP) is 0.340. The second kappa shape index (κ2) is 1.70. The van der Waals surface area contributed by atoms with Crippen molar-refractivity contribution in [1.82, 2.24) is 15.0 Å². The van der Waals surface area contributed by atoms with Crippen LogP contribution in [0.1, 0.15) is 0 Å². The van der Waals surface area contributed by atoms with Crippen LogP contribution in [0.25, 0.3) is 11.2 Å². The number of anilines is 1. The van der Waals surface area contributed by atoms with E-state index in [9.17, 15) is 0 Å². The van der Waals surface area contributed by atoms with Crippen LogP contribution in [-0.4, -0.2) is 15.0 Å². The Labute approximate surface area is 57.1 Å². The molecule has 10 heavy (non-hydrogen) atoms. The summed E-state index contributed by atoms with van der Waals surface area (Å²) in [5, 5.41) is 0. The van der Waals surface area contributed by atoms with Crippen LogP contribution >= 0.6 is 0 Å². The largest absolute Gasteiger partial charge is 0.369 e. The number of aromatic nitrogens is 3. The summed E-state index contributed by atoms with van der Waals surface area (Å²) < 4.78 is 0. The molecule has 1 radical (unpaired) electrons. The molecule has 2 aromatic rings. The summed E-state index contributed by atoms with van der Waals surface area (Å²) in [5.41, 5.74) is 6.82. The molecule has 0 amide bonds. The standard InChI is InChI=1S/C6H5N4/c7-6-9-4-2-1-3-8-5(4)10-6/h2-3H,(H3,7,8,9,10). The molecular weight excluding hydrogens is 128 g/mol. The zero-order valence-corrected chi connectivity index (χ0v) is 5.13. The third-order valence-electron chi connectivity index (χ3n) is 1.22. The van der Waals surface area contributed by atoms with Gasteiger partial charge in [0.1, 0.15) is 0 Å². The van der Waals surface area contributed by atoms with Crippen LogP contribution < -0.4 is 5.73 Å². The monoisotopic (exact) mass is 133 g/mol. The fourth-order valence-electron chi connectivity index (χ4n) is 0.814. The highest BCUT2D eigenvalue weighted by atomic mass is 15.1. The van der Waals surface area contributed by atoms with E-state index in [2.05, 4.69) is 21.0 Å². The number of aromatic amines is 1. The van der Waals surface area contributed by atoms with Gasteiger partial charge in [0, 0.05) is 12.3 Å². The average molecular weight is 133 g/mol. The summed E-state index contributed by atoms with van der Waals surface area (Å²) in [6.45, 7) is 0. The lowest BCUT2D eigenvalue weighted by Crippen LogP contribution is -1.84. The van der Waals surface area contributed by atoms with Crippen molar-refractivity contribution in [3.8, 4) is 0 Å². The van der Waals surface area contributed by atoms with Crippen molar-refractivity contribution in [2.45, 2.75) is 0 Å². The van der Waals surface area contributed by atoms with Gasteiger partial charge in [0.15, 0.2) is 11.6 Å². The van der Waals surface area contributed by atoms with Gasteiger partial charge in [-0.3, -0.25) is 0 Å². The maximum atomic E-state index is 5.37. The Morgan fingerprint density at radius 3 is 3.30 bits per heavy atom. The minimum Gasteiger partial charge on any atom is -0.369 e. The van der Waals surface area contributed by atoms with E-state index in [4.69, 9.17) is 5.73 Å². The zero-order chi connectivity index (χ0) is 6.97. The van der Waals surface area contributed by atoms with Crippen LogP contribution in [0.5, 0.6) is 0 Å². The summed E-state index contributed by atoms with van der Waals surface area (Å²) in [5.74, 6) is 0.391. The van der Waals surface area contributed by atoms with Gasteiger partial charge >= 0.3 is 0 Å². The Kier molecular flexibility index (Phi) is 0.887. The second-order valence-corrected chi connectivity index (χ2v) is 1.93. The average Bonchev–Trinajstić information content (AvgIpc) is 2.27. The fourth-order valence-corrected chi connectivity index (χ4v) is 0.814. The van der Waals surface area contributed by atoms with Crippen molar-refractivity contribution in [3.05, 3.63) is 18.3 Å². The molecule has 4 nitrogen and oxygen atoms in total. The molecule has 3 N–H and O–H groups in total. The molecule has 4 heteroatoms. The summed E-state index contributed by atoms with van der Waals surface area (Å²) >= 11 is 0. The van der Waals surface area contributed by atoms with Crippen molar-refractivity contribution in [3.63, 3.8) is 0 Å². The number of pyridine rings is 1. The van der Waals surface area contributed by atoms with Gasteiger partial charge in [-0.2, -0.15) is 4.98 Å². The van der Waals surface area contributed by atoms with E-state index in [1.54, 1.807) is 12.3 Å². The highest BCUT2D eigenvalue weighted by Gasteiger charge is 1.96. The maximum Gasteiger partial charge on any atom is 0.200 e. The van der Waals surface area contributed by atoms with Gasteiger partial charge in [-0.1, -0.05) is 0 Å². The van der Waals surface area contributed by atoms with E-state index in [0.29, 0.717) is 11.6 Å². The minimum atomic E-state index is 0.391. The Morgan fingerprint density at radius 2 is 2.50 bits per heavy atom. The van der Waals surface area contributed by atoms with Gasteiger partial charge in [0.2, 0.25) is 0 Å². The summed E-state index contributed by atoms with van der Waals surface area (Å²) in [6.07, 6.45) is 1.56. The van der Waals surface area contributed by atoms with Crippen molar-refractivity contribution in [2.75, 3.05) is 5.73 Å². The van der Waals surface area contributed by atoms with Gasteiger partial charge in [-0.05, 0) is 6.07 Å². The Bertz CT molecular complexity index is 318. The molecule has 0 aliphatic rings. The first kappa shape index (κ1) is 5.22. The fraction of sp³-hybridized carbons (Fsp3) is 0. The second-order valence-electron chi connectivity index (χ2n) is 1.93. The van der Waals surface area contributed by atoms with Gasteiger partial charge in [0.05, 0.1) is 5.52 Å². The minimum absolute atomic E-state index is 0.391. The molecule has 2 rings (SSSR count). The molecule has 2 aromatic heterocycles. The molecule has 0 fully saturated rings. The Morgan fingerprint density at radius 1 is 1.60 bits per heavy atom. The molecule has 0 unspecified atom stereocenters. The Balaban J connectivity index is 2.88. The normalized spacial score (nSPS) is 10.4. The third-order valence-corrected chi connectivity index (χ3v) is 1.22. The van der Waals surface area contributed by atoms with E-state index < -0.39 is 0 Å². The lowest BCUT2D eigenvalue weighted by Gasteiger charge is -1.79. The highest BCUT2D eigenvalue weighted by molar-refractivity contribution is 5.71. The predicted molar refractivity (Wildman–Crippen MR) is 37.1 cm³/mol. The SMILES string of the molecule is Nc1nc2nc[c]cc2[nH]1. The molecule has 0 saturated heterocycles. The van der Waals surface area contributed by atoms with Gasteiger partial charge in [0.25, 0.3) is 0 Å². The topological polar surface area (TPSA) is 67.6 Å². The highest BCUT2D eigenvalue weighted by Crippen LogP contribution is 2.06. The van der Waals surface area contributed by atoms with Crippen LogP contribution in [0, 0.1) is 6.07 Å². The number of hydrogen-bond donors (Lipinski definition) is 2. The van der Waals surface area contributed by atoms with Gasteiger partial charge in [-0.25, -0.2) is 4.98 Å². The quantitative estimate of drug-likeness (QED) is 0.544. The van der Waals surface area contributed by atoms with Gasteiger partial charge < -0.3 is 10.7 Å². The van der Waals surface area contributed by atoms with Crippen molar-refractivity contribution < 1.29 is 0 Å². The Hall–Kier alpha value is -1.58. The molecule has 0 aromatic carbocycles. The number of rotatable bonds is 0. The lowest BCUT2D eigenvalue weighted by atomic mass is 10.4. The summed E-state index contributed by atoms with van der Waals surface area (Å²) in [6, 6.07) is 4.57. The van der Waals surface area contributed by atoms with Crippen LogP contribution in [0.15, 0.2) is 12.3 Å². The van der Waals surface area contributed by atoms with Crippen LogP contribution in [0.2, 0.25) is 0 Å². The molecule has 49 valence electrons. The number of nitrogen functional groups attached to an aromatic ring is 1. The zero-order valence-electron chi connectivity index (χ0n) is 5.13. The molecule has 0 atom stereocenters. The summed E-state index contributed by atoms with van der Waals surface area (Å²) in [4.78, 5) is 10.7. The number of nitrogens with two attached hydrogens (primary N) is 1. The van der Waals surface area contributed by atoms with Crippen LogP contribution in [-0.2, 0) is 0 Å². The molecule has 0 spiro atoms. The molecule has 0 bridgehead atoms. The van der Waals surface area contributed by atoms with E-state index in [1.165, 1.54) is 0 Å². The molecule has 0 aliphatic carbocycles. The number of nitrogens with one attached hydrogen (secondary N) is 1. The van der Waals surface area contributed by atoms with Crippen molar-refractivity contribution in [2.24, 2.45) is 0 Å². The van der Waals surface area contributed by atoms with E-state index in [-0.39, 0.29) is 0 Å². The first-order valence-corrected chi connectivity index (χ1v) is 2.83. The van der Waals surface area contributed by atoms with Crippen LogP contribution in [0.3, 0.4) is 0 Å². The lowest BCUT2D eigenvalue weighted by molar-refractivity contribution is 1.31. The number of H-pyrrole nitrogens is 1. The maximum absolute atomic E-state index is 5.37. The number of fused-ring (bicyclic) bond motifs is 1. The van der Waals surface area contributed by atoms with E-state index >= 15 is 0 Å². The molecule has 0 saturated carbocycles. The third kappa shape index (κ3) is 0.621. The van der Waals surface area contributed by atoms with Gasteiger partial charge in [-0.15, -0.1) is 0 Å². The first-order chi connectivity index (χ1) is 4.86. The smallest absolute Gasteiger partial charge is 0.200 e. The molecule has 2 heterocycles. The molecule has 0 aliphatic heterocycles. The number of hydrogen-bond acceptors (Lipinski definition) is 3. The first-order valence-electron chi connectivity index (χ1n) is 2.83. The van der Waals surface area contributed by atoms with E-state index in [0.717, 1.165) is 5.52 Å². The summed E-state index contributed by atoms with van der Waals surface area (Å²) in [7, 11) is 0. The number of nitrogens with zero attached hydrogens (tertiary/aromatic N) is 2. The van der Waals surface area contributed by atoms with Crippen LogP contribution in [0.4, 0.5) is 5.95 Å². The molecular formula is C6H5N4.